The number of anilines is 1. The molecular formula is C12H14N2O3. The van der Waals surface area contributed by atoms with E-state index in [2.05, 4.69) is 6.58 Å². The summed E-state index contributed by atoms with van der Waals surface area (Å²) < 4.78 is 0. The third-order valence-electron chi connectivity index (χ3n) is 2.47. The zero-order chi connectivity index (χ0) is 13.2. The van der Waals surface area contributed by atoms with Gasteiger partial charge in [-0.25, -0.2) is 0 Å². The van der Waals surface area contributed by atoms with E-state index in [9.17, 15) is 14.9 Å². The molecular weight excluding hydrogens is 220 g/mol. The first-order valence-electron chi connectivity index (χ1n) is 5.00. The molecule has 0 aliphatic rings. The molecule has 0 spiro atoms. The molecule has 0 aliphatic heterocycles. The predicted molar refractivity (Wildman–Crippen MR) is 67.3 cm³/mol. The Morgan fingerprint density at radius 1 is 1.47 bits per heavy atom. The van der Waals surface area contributed by atoms with Crippen LogP contribution < -0.4 is 4.90 Å². The molecule has 0 aromatic heterocycles. The van der Waals surface area contributed by atoms with Gasteiger partial charge in [-0.1, -0.05) is 12.6 Å². The topological polar surface area (TPSA) is 63.5 Å². The van der Waals surface area contributed by atoms with E-state index in [0.717, 1.165) is 5.56 Å². The van der Waals surface area contributed by atoms with Crippen LogP contribution >= 0.6 is 0 Å². The van der Waals surface area contributed by atoms with Crippen molar-refractivity contribution in [2.75, 3.05) is 19.0 Å². The number of nitrogens with zero attached hydrogens (tertiary/aromatic N) is 2. The van der Waals surface area contributed by atoms with Gasteiger partial charge in [-0.2, -0.15) is 0 Å². The van der Waals surface area contributed by atoms with Crippen molar-refractivity contribution in [1.29, 1.82) is 0 Å². The van der Waals surface area contributed by atoms with E-state index in [1.807, 2.05) is 0 Å². The van der Waals surface area contributed by atoms with Crippen LogP contribution in [0.15, 0.2) is 18.7 Å². The fraction of sp³-hybridized carbons (Fsp3) is 0.250. The highest BCUT2D eigenvalue weighted by atomic mass is 16.6. The third-order valence-corrected chi connectivity index (χ3v) is 2.47. The lowest BCUT2D eigenvalue weighted by Crippen LogP contribution is -2.14. The number of carbonyl (C=O) groups excluding carboxylic acids is 1. The van der Waals surface area contributed by atoms with Gasteiger partial charge in [-0.05, 0) is 18.6 Å². The summed E-state index contributed by atoms with van der Waals surface area (Å²) in [6.45, 7) is 5.31. The number of nitro benzene ring substituents is 1. The van der Waals surface area contributed by atoms with E-state index in [1.54, 1.807) is 38.1 Å². The van der Waals surface area contributed by atoms with Crippen LogP contribution in [0.1, 0.15) is 11.1 Å². The summed E-state index contributed by atoms with van der Waals surface area (Å²) in [6, 6.07) is 3.30. The van der Waals surface area contributed by atoms with Gasteiger partial charge in [0.05, 0.1) is 10.5 Å². The van der Waals surface area contributed by atoms with Crippen LogP contribution in [0, 0.1) is 17.0 Å². The van der Waals surface area contributed by atoms with Crippen molar-refractivity contribution in [3.8, 4) is 0 Å². The Morgan fingerprint density at radius 2 is 2.06 bits per heavy atom. The number of hydrogen-bond acceptors (Lipinski definition) is 4. The summed E-state index contributed by atoms with van der Waals surface area (Å²) in [5.74, 6) is 0. The van der Waals surface area contributed by atoms with Crippen LogP contribution in [0.25, 0.3) is 5.57 Å². The second-order valence-corrected chi connectivity index (χ2v) is 3.92. The summed E-state index contributed by atoms with van der Waals surface area (Å²) in [4.78, 5) is 23.0. The molecule has 90 valence electrons. The molecule has 0 fully saturated rings. The minimum absolute atomic E-state index is 0.0768. The highest BCUT2D eigenvalue weighted by Crippen LogP contribution is 2.36. The number of nitro groups is 1. The summed E-state index contributed by atoms with van der Waals surface area (Å²) in [5, 5.41) is 11.1. The van der Waals surface area contributed by atoms with Gasteiger partial charge in [-0.15, -0.1) is 0 Å². The van der Waals surface area contributed by atoms with E-state index >= 15 is 0 Å². The number of aldehydes is 1. The van der Waals surface area contributed by atoms with E-state index in [-0.39, 0.29) is 16.8 Å². The smallest absolute Gasteiger partial charge is 0.300 e. The maximum absolute atomic E-state index is 11.1. The summed E-state index contributed by atoms with van der Waals surface area (Å²) in [7, 11) is 3.45. The number of allylic oxidation sites excluding steroid dienone is 1. The zero-order valence-electron chi connectivity index (χ0n) is 10.1. The third kappa shape index (κ3) is 2.33. The van der Waals surface area contributed by atoms with Crippen molar-refractivity contribution < 1.29 is 9.72 Å². The van der Waals surface area contributed by atoms with Crippen molar-refractivity contribution >= 4 is 23.2 Å². The molecule has 0 atom stereocenters. The minimum Gasteiger partial charge on any atom is -0.372 e. The zero-order valence-corrected chi connectivity index (χ0v) is 10.1. The largest absolute Gasteiger partial charge is 0.372 e. The molecule has 1 rings (SSSR count). The first kappa shape index (κ1) is 12.9. The van der Waals surface area contributed by atoms with Crippen LogP contribution in [0.4, 0.5) is 11.4 Å². The summed E-state index contributed by atoms with van der Waals surface area (Å²) in [5.41, 5.74) is 1.57. The number of rotatable bonds is 4. The Kier molecular flexibility index (Phi) is 3.62. The quantitative estimate of drug-likeness (QED) is 0.346. The van der Waals surface area contributed by atoms with Crippen LogP contribution in [0.3, 0.4) is 0 Å². The van der Waals surface area contributed by atoms with Gasteiger partial charge in [0.25, 0.3) is 0 Å². The SMILES string of the molecule is C=C(C=O)c1ccc(C)c(N(C)C)c1[N+](=O)[O-]. The monoisotopic (exact) mass is 234 g/mol. The van der Waals surface area contributed by atoms with Crippen molar-refractivity contribution in [3.63, 3.8) is 0 Å². The van der Waals surface area contributed by atoms with Gasteiger partial charge in [0.2, 0.25) is 0 Å². The Balaban J connectivity index is 3.64. The van der Waals surface area contributed by atoms with E-state index in [0.29, 0.717) is 12.0 Å². The van der Waals surface area contributed by atoms with Crippen LogP contribution in [0.5, 0.6) is 0 Å². The summed E-state index contributed by atoms with van der Waals surface area (Å²) >= 11 is 0. The highest BCUT2D eigenvalue weighted by molar-refractivity contribution is 6.08. The van der Waals surface area contributed by atoms with Gasteiger partial charge >= 0.3 is 5.69 Å². The standard InChI is InChI=1S/C12H14N2O3/c1-8-5-6-10(9(2)7-15)12(14(16)17)11(8)13(3)4/h5-7H,2H2,1,3-4H3. The van der Waals surface area contributed by atoms with Crippen molar-refractivity contribution in [3.05, 3.63) is 40.0 Å². The van der Waals surface area contributed by atoms with Crippen LogP contribution in [-0.4, -0.2) is 25.3 Å². The normalized spacial score (nSPS) is 9.82. The highest BCUT2D eigenvalue weighted by Gasteiger charge is 2.24. The lowest BCUT2D eigenvalue weighted by Gasteiger charge is -2.17. The van der Waals surface area contributed by atoms with E-state index in [4.69, 9.17) is 0 Å². The first-order chi connectivity index (χ1) is 7.90. The minimum atomic E-state index is -0.480. The Labute approximate surface area is 99.5 Å². The van der Waals surface area contributed by atoms with Crippen LogP contribution in [0.2, 0.25) is 0 Å². The van der Waals surface area contributed by atoms with Crippen molar-refractivity contribution in [2.24, 2.45) is 0 Å². The lowest BCUT2D eigenvalue weighted by molar-refractivity contribution is -0.384. The number of benzene rings is 1. The molecule has 0 saturated carbocycles. The maximum Gasteiger partial charge on any atom is 0.300 e. The molecule has 0 bridgehead atoms. The first-order valence-corrected chi connectivity index (χ1v) is 5.00. The molecule has 0 unspecified atom stereocenters. The van der Waals surface area contributed by atoms with Gasteiger partial charge in [0.15, 0.2) is 0 Å². The van der Waals surface area contributed by atoms with Crippen LogP contribution in [-0.2, 0) is 4.79 Å². The molecule has 0 saturated heterocycles. The fourth-order valence-corrected chi connectivity index (χ4v) is 1.75. The van der Waals surface area contributed by atoms with E-state index in [1.165, 1.54) is 0 Å². The maximum atomic E-state index is 11.1. The molecule has 0 radical (unpaired) electrons. The molecule has 17 heavy (non-hydrogen) atoms. The number of carbonyl (C=O) groups is 1. The second kappa shape index (κ2) is 4.78. The van der Waals surface area contributed by atoms with E-state index < -0.39 is 4.92 Å². The average Bonchev–Trinajstić information content (AvgIpc) is 2.26. The summed E-state index contributed by atoms with van der Waals surface area (Å²) in [6.07, 6.45) is 0.525. The Hall–Kier alpha value is -2.17. The average molecular weight is 234 g/mol. The van der Waals surface area contributed by atoms with Gasteiger partial charge in [0, 0.05) is 19.7 Å². The molecule has 1 aromatic carbocycles. The van der Waals surface area contributed by atoms with Crippen molar-refractivity contribution in [1.82, 2.24) is 0 Å². The van der Waals surface area contributed by atoms with Gasteiger partial charge in [-0.3, -0.25) is 14.9 Å². The predicted octanol–water partition coefficient (Wildman–Crippen LogP) is 2.18. The van der Waals surface area contributed by atoms with Crippen molar-refractivity contribution in [2.45, 2.75) is 6.92 Å². The molecule has 5 nitrogen and oxygen atoms in total. The molecule has 0 heterocycles. The molecule has 5 heteroatoms. The fourth-order valence-electron chi connectivity index (χ4n) is 1.75. The number of aryl methyl sites for hydroxylation is 1. The molecule has 0 amide bonds. The van der Waals surface area contributed by atoms with Gasteiger partial charge < -0.3 is 4.90 Å². The Morgan fingerprint density at radius 3 is 2.47 bits per heavy atom. The lowest BCUT2D eigenvalue weighted by atomic mass is 10.0. The number of hydrogen-bond donors (Lipinski definition) is 0. The molecule has 0 N–H and O–H groups in total. The van der Waals surface area contributed by atoms with Gasteiger partial charge in [0.1, 0.15) is 12.0 Å². The molecule has 1 aromatic rings. The Bertz CT molecular complexity index is 493. The molecule has 0 aliphatic carbocycles. The second-order valence-electron chi connectivity index (χ2n) is 3.92.